The molecule has 0 saturated heterocycles. The SMILES string of the molecule is COc1ccc(NC(=O)CSc2[nH+]c(N)c(C#N)c(-c3cccs3)c2C#N)c(OC)c1. The van der Waals surface area contributed by atoms with Crippen LogP contribution in [0.25, 0.3) is 10.4 Å². The van der Waals surface area contributed by atoms with Crippen molar-refractivity contribution in [1.29, 1.82) is 10.5 Å². The first kappa shape index (κ1) is 22.0. The number of aromatic nitrogens is 1. The van der Waals surface area contributed by atoms with Gasteiger partial charge in [0.15, 0.2) is 10.6 Å². The molecule has 0 spiro atoms. The lowest BCUT2D eigenvalue weighted by atomic mass is 10.0. The summed E-state index contributed by atoms with van der Waals surface area (Å²) in [6, 6.07) is 12.9. The van der Waals surface area contributed by atoms with Gasteiger partial charge in [0, 0.05) is 16.5 Å². The summed E-state index contributed by atoms with van der Waals surface area (Å²) in [6.45, 7) is 0. The molecule has 31 heavy (non-hydrogen) atoms. The summed E-state index contributed by atoms with van der Waals surface area (Å²) >= 11 is 2.53. The Morgan fingerprint density at radius 2 is 2.00 bits per heavy atom. The van der Waals surface area contributed by atoms with Crippen molar-refractivity contribution in [2.75, 3.05) is 31.0 Å². The molecule has 3 rings (SSSR count). The number of ether oxygens (including phenoxy) is 2. The number of benzene rings is 1. The Morgan fingerprint density at radius 3 is 2.61 bits per heavy atom. The molecule has 8 nitrogen and oxygen atoms in total. The van der Waals surface area contributed by atoms with Gasteiger partial charge in [0.25, 0.3) is 5.82 Å². The molecule has 0 aliphatic rings. The van der Waals surface area contributed by atoms with Gasteiger partial charge in [-0.2, -0.15) is 10.5 Å². The van der Waals surface area contributed by atoms with Gasteiger partial charge >= 0.3 is 0 Å². The number of aromatic amines is 1. The number of nitrogen functional groups attached to an aromatic ring is 1. The summed E-state index contributed by atoms with van der Waals surface area (Å²) in [7, 11) is 3.04. The van der Waals surface area contributed by atoms with Gasteiger partial charge in [0.2, 0.25) is 5.91 Å². The molecule has 0 fully saturated rings. The molecular weight excluding hydrogens is 434 g/mol. The summed E-state index contributed by atoms with van der Waals surface area (Å²) in [5.41, 5.74) is 7.47. The Balaban J connectivity index is 1.85. The maximum Gasteiger partial charge on any atom is 0.289 e. The third kappa shape index (κ3) is 4.72. The molecule has 0 saturated carbocycles. The van der Waals surface area contributed by atoms with Crippen molar-refractivity contribution in [3.63, 3.8) is 0 Å². The first-order valence-electron chi connectivity index (χ1n) is 8.89. The standard InChI is InChI=1S/C21H17N5O3S2/c1-28-12-5-6-15(16(8-12)29-2)25-18(27)11-31-21-14(10-23)19(17-4-3-7-30-17)13(9-22)20(24)26-21/h3-8H,11H2,1-2H3,(H2,24,26)(H,25,27)/p+1. The van der Waals surface area contributed by atoms with E-state index in [4.69, 9.17) is 15.2 Å². The quantitative estimate of drug-likeness (QED) is 0.525. The Labute approximate surface area is 187 Å². The monoisotopic (exact) mass is 452 g/mol. The number of pyridine rings is 1. The number of anilines is 2. The van der Waals surface area contributed by atoms with Crippen LogP contribution < -0.4 is 25.5 Å². The zero-order chi connectivity index (χ0) is 22.4. The fourth-order valence-corrected chi connectivity index (χ4v) is 4.45. The normalized spacial score (nSPS) is 10.1. The van der Waals surface area contributed by atoms with Crippen LogP contribution in [0.4, 0.5) is 11.5 Å². The van der Waals surface area contributed by atoms with Crippen LogP contribution in [0.5, 0.6) is 11.5 Å². The van der Waals surface area contributed by atoms with Gasteiger partial charge in [-0.25, -0.2) is 4.98 Å². The molecule has 0 aliphatic carbocycles. The van der Waals surface area contributed by atoms with E-state index in [1.54, 1.807) is 25.3 Å². The molecule has 0 aliphatic heterocycles. The Kier molecular flexibility index (Phi) is 6.98. The topological polar surface area (TPSA) is 135 Å². The fraction of sp³-hybridized carbons (Fsp3) is 0.143. The number of hydrogen-bond acceptors (Lipinski definition) is 8. The minimum atomic E-state index is -0.300. The van der Waals surface area contributed by atoms with E-state index in [9.17, 15) is 15.3 Å². The summed E-state index contributed by atoms with van der Waals surface area (Å²) in [5, 5.41) is 24.4. The van der Waals surface area contributed by atoms with Crippen LogP contribution in [-0.4, -0.2) is 25.9 Å². The van der Waals surface area contributed by atoms with Gasteiger partial charge in [0.05, 0.1) is 25.7 Å². The van der Waals surface area contributed by atoms with E-state index >= 15 is 0 Å². The zero-order valence-corrected chi connectivity index (χ0v) is 18.3. The van der Waals surface area contributed by atoms with E-state index in [-0.39, 0.29) is 28.6 Å². The average molecular weight is 453 g/mol. The highest BCUT2D eigenvalue weighted by Crippen LogP contribution is 2.36. The number of thioether (sulfide) groups is 1. The van der Waals surface area contributed by atoms with E-state index in [0.29, 0.717) is 27.8 Å². The van der Waals surface area contributed by atoms with Crippen molar-refractivity contribution >= 4 is 40.5 Å². The van der Waals surface area contributed by atoms with Crippen LogP contribution in [0.15, 0.2) is 40.7 Å². The van der Waals surface area contributed by atoms with Crippen molar-refractivity contribution in [1.82, 2.24) is 0 Å². The number of H-pyrrole nitrogens is 1. The molecule has 156 valence electrons. The largest absolute Gasteiger partial charge is 0.497 e. The molecule has 0 unspecified atom stereocenters. The third-order valence-electron chi connectivity index (χ3n) is 4.27. The van der Waals surface area contributed by atoms with E-state index in [1.807, 2.05) is 17.5 Å². The number of amides is 1. The lowest BCUT2D eigenvalue weighted by Crippen LogP contribution is -2.21. The van der Waals surface area contributed by atoms with Crippen molar-refractivity contribution < 1.29 is 19.3 Å². The van der Waals surface area contributed by atoms with Crippen LogP contribution in [-0.2, 0) is 4.79 Å². The van der Waals surface area contributed by atoms with E-state index in [2.05, 4.69) is 22.4 Å². The number of carbonyl (C=O) groups is 1. The summed E-state index contributed by atoms with van der Waals surface area (Å²) in [5.74, 6) is 0.919. The van der Waals surface area contributed by atoms with Crippen LogP contribution in [0, 0.1) is 22.7 Å². The maximum atomic E-state index is 12.5. The summed E-state index contributed by atoms with van der Waals surface area (Å²) < 4.78 is 10.4. The van der Waals surface area contributed by atoms with Gasteiger partial charge in [0.1, 0.15) is 29.2 Å². The number of carbonyl (C=O) groups excluding carboxylic acids is 1. The second kappa shape index (κ2) is 9.85. The number of thiophene rings is 1. The molecule has 4 N–H and O–H groups in total. The molecule has 1 amide bonds. The molecular formula is C21H18N5O3S2+. The van der Waals surface area contributed by atoms with Crippen LogP contribution in [0.1, 0.15) is 11.1 Å². The van der Waals surface area contributed by atoms with E-state index in [0.717, 1.165) is 16.6 Å². The molecule has 0 atom stereocenters. The van der Waals surface area contributed by atoms with E-state index < -0.39 is 0 Å². The second-order valence-electron chi connectivity index (χ2n) is 6.10. The van der Waals surface area contributed by atoms with Gasteiger partial charge in [-0.3, -0.25) is 10.5 Å². The maximum absolute atomic E-state index is 12.5. The predicted molar refractivity (Wildman–Crippen MR) is 119 cm³/mol. The summed E-state index contributed by atoms with van der Waals surface area (Å²) in [6.07, 6.45) is 0. The lowest BCUT2D eigenvalue weighted by molar-refractivity contribution is -0.410. The number of nitrogens with zero attached hydrogens (tertiary/aromatic N) is 2. The number of methoxy groups -OCH3 is 2. The second-order valence-corrected chi connectivity index (χ2v) is 8.03. The van der Waals surface area contributed by atoms with E-state index in [1.165, 1.54) is 18.4 Å². The van der Waals surface area contributed by atoms with Gasteiger partial charge in [-0.05, 0) is 23.6 Å². The van der Waals surface area contributed by atoms with Crippen molar-refractivity contribution in [2.45, 2.75) is 5.03 Å². The minimum absolute atomic E-state index is 0.00951. The highest BCUT2D eigenvalue weighted by Gasteiger charge is 2.25. The number of nitriles is 2. The number of nitrogens with two attached hydrogens (primary N) is 1. The van der Waals surface area contributed by atoms with Crippen molar-refractivity contribution in [2.24, 2.45) is 0 Å². The zero-order valence-electron chi connectivity index (χ0n) is 16.7. The molecule has 2 heterocycles. The van der Waals surface area contributed by atoms with Crippen molar-refractivity contribution in [3.05, 3.63) is 46.8 Å². The number of nitrogens with one attached hydrogen (secondary N) is 2. The molecule has 1 aromatic carbocycles. The highest BCUT2D eigenvalue weighted by atomic mass is 32.2. The summed E-state index contributed by atoms with van der Waals surface area (Å²) in [4.78, 5) is 16.2. The molecule has 3 aromatic rings. The van der Waals surface area contributed by atoms with Crippen LogP contribution in [0.3, 0.4) is 0 Å². The molecule has 2 aromatic heterocycles. The number of rotatable bonds is 7. The highest BCUT2D eigenvalue weighted by molar-refractivity contribution is 7.99. The Morgan fingerprint density at radius 1 is 1.23 bits per heavy atom. The van der Waals surface area contributed by atoms with Gasteiger partial charge in [-0.1, -0.05) is 17.8 Å². The lowest BCUT2D eigenvalue weighted by Gasteiger charge is -2.12. The van der Waals surface area contributed by atoms with Crippen LogP contribution >= 0.6 is 23.1 Å². The van der Waals surface area contributed by atoms with Gasteiger partial charge in [-0.15, -0.1) is 11.3 Å². The molecule has 0 bridgehead atoms. The Hall–Kier alpha value is -3.73. The smallest absolute Gasteiger partial charge is 0.289 e. The first-order chi connectivity index (χ1) is 15.0. The van der Waals surface area contributed by atoms with Crippen molar-refractivity contribution in [3.8, 4) is 34.1 Å². The molecule has 10 heteroatoms. The fourth-order valence-electron chi connectivity index (χ4n) is 2.84. The predicted octanol–water partition coefficient (Wildman–Crippen LogP) is 3.30. The average Bonchev–Trinajstić information content (AvgIpc) is 3.31. The third-order valence-corrected chi connectivity index (χ3v) is 6.15. The van der Waals surface area contributed by atoms with Gasteiger partial charge < -0.3 is 14.8 Å². The Bertz CT molecular complexity index is 1200. The molecule has 0 radical (unpaired) electrons. The number of hydrogen-bond donors (Lipinski definition) is 2. The van der Waals surface area contributed by atoms with Crippen LogP contribution in [0.2, 0.25) is 0 Å². The first-order valence-corrected chi connectivity index (χ1v) is 10.8. The minimum Gasteiger partial charge on any atom is -0.497 e.